The molecule has 0 saturated carbocycles. The Labute approximate surface area is 250 Å². The first-order valence-corrected chi connectivity index (χ1v) is 15.2. The van der Waals surface area contributed by atoms with Crippen LogP contribution in [0.3, 0.4) is 0 Å². The lowest BCUT2D eigenvalue weighted by Gasteiger charge is -2.23. The van der Waals surface area contributed by atoms with Gasteiger partial charge in [0.05, 0.1) is 23.0 Å². The van der Waals surface area contributed by atoms with Crippen molar-refractivity contribution in [2.45, 2.75) is 38.5 Å². The molecule has 3 aliphatic rings. The number of nitrogens with zero attached hydrogens (tertiary/aromatic N) is 2. The summed E-state index contributed by atoms with van der Waals surface area (Å²) in [4.78, 5) is 0. The number of nitriles is 1. The van der Waals surface area contributed by atoms with Crippen molar-refractivity contribution >= 4 is 60.6 Å². The fourth-order valence-electron chi connectivity index (χ4n) is 7.90. The fraction of sp³-hybridized carbons (Fsp3) is 0.175. The van der Waals surface area contributed by atoms with Crippen LogP contribution in [-0.4, -0.2) is 4.57 Å². The number of hydrogen-bond donors (Lipinski definition) is 0. The van der Waals surface area contributed by atoms with E-state index >= 15 is 0 Å². The molecular formula is C40H30N2O. The van der Waals surface area contributed by atoms with Gasteiger partial charge in [-0.25, -0.2) is 0 Å². The smallest absolute Gasteiger partial charge is 0.136 e. The Morgan fingerprint density at radius 2 is 1.56 bits per heavy atom. The summed E-state index contributed by atoms with van der Waals surface area (Å²) >= 11 is 0. The van der Waals surface area contributed by atoms with Crippen molar-refractivity contribution in [1.29, 1.82) is 5.26 Å². The Hall–Kier alpha value is -5.07. The van der Waals surface area contributed by atoms with Gasteiger partial charge >= 0.3 is 0 Å². The van der Waals surface area contributed by atoms with Crippen molar-refractivity contribution in [2.75, 3.05) is 0 Å². The minimum Gasteiger partial charge on any atom is -0.456 e. The first-order valence-electron chi connectivity index (χ1n) is 15.2. The van der Waals surface area contributed by atoms with Crippen LogP contribution in [-0.2, 0) is 5.41 Å². The second kappa shape index (κ2) is 8.72. The van der Waals surface area contributed by atoms with Crippen LogP contribution in [0.15, 0.2) is 113 Å². The van der Waals surface area contributed by atoms with Gasteiger partial charge in [0.15, 0.2) is 0 Å². The summed E-state index contributed by atoms with van der Waals surface area (Å²) < 4.78 is 8.99. The molecule has 3 nitrogen and oxygen atoms in total. The van der Waals surface area contributed by atoms with Gasteiger partial charge in [0, 0.05) is 32.7 Å². The molecule has 9 rings (SSSR count). The van der Waals surface area contributed by atoms with Crippen molar-refractivity contribution in [3.63, 3.8) is 0 Å². The van der Waals surface area contributed by atoms with E-state index in [1.54, 1.807) is 0 Å². The fourth-order valence-corrected chi connectivity index (χ4v) is 7.90. The summed E-state index contributed by atoms with van der Waals surface area (Å²) in [6, 6.07) is 31.0. The third-order valence-electron chi connectivity index (χ3n) is 10.0. The van der Waals surface area contributed by atoms with E-state index in [1.165, 1.54) is 49.5 Å². The molecule has 2 aromatic heterocycles. The van der Waals surface area contributed by atoms with Crippen LogP contribution in [0.4, 0.5) is 0 Å². The molecule has 3 aliphatic carbocycles. The normalized spacial score (nSPS) is 19.1. The lowest BCUT2D eigenvalue weighted by Crippen LogP contribution is -2.16. The quantitative estimate of drug-likeness (QED) is 0.214. The van der Waals surface area contributed by atoms with Gasteiger partial charge in [0.2, 0.25) is 0 Å². The molecule has 206 valence electrons. The number of hydrogen-bond acceptors (Lipinski definition) is 2. The van der Waals surface area contributed by atoms with Crippen molar-refractivity contribution in [3.8, 4) is 6.07 Å². The summed E-state index contributed by atoms with van der Waals surface area (Å²) in [5.74, 6) is -0.171. The summed E-state index contributed by atoms with van der Waals surface area (Å²) in [7, 11) is 0. The summed E-state index contributed by atoms with van der Waals surface area (Å²) in [5, 5.41) is 14.7. The minimum atomic E-state index is -0.171. The molecule has 2 heterocycles. The lowest BCUT2D eigenvalue weighted by molar-refractivity contribution is 0.641. The molecule has 4 aromatic carbocycles. The second-order valence-corrected chi connectivity index (χ2v) is 12.7. The van der Waals surface area contributed by atoms with E-state index in [9.17, 15) is 5.26 Å². The molecule has 0 radical (unpaired) electrons. The zero-order chi connectivity index (χ0) is 28.9. The Morgan fingerprint density at radius 3 is 2.33 bits per heavy atom. The van der Waals surface area contributed by atoms with Crippen molar-refractivity contribution < 1.29 is 4.42 Å². The van der Waals surface area contributed by atoms with Gasteiger partial charge in [-0.3, -0.25) is 0 Å². The summed E-state index contributed by atoms with van der Waals surface area (Å²) in [5.41, 5.74) is 13.2. The average Bonchev–Trinajstić information content (AvgIpc) is 3.65. The van der Waals surface area contributed by atoms with Gasteiger partial charge in [-0.1, -0.05) is 74.5 Å². The first kappa shape index (κ1) is 24.5. The third kappa shape index (κ3) is 3.35. The van der Waals surface area contributed by atoms with Crippen molar-refractivity contribution in [1.82, 2.24) is 4.57 Å². The number of furan rings is 1. The first-order chi connectivity index (χ1) is 21.0. The van der Waals surface area contributed by atoms with E-state index in [1.807, 2.05) is 0 Å². The molecule has 0 saturated heterocycles. The van der Waals surface area contributed by atoms with E-state index in [-0.39, 0.29) is 11.3 Å². The maximum absolute atomic E-state index is 9.93. The highest BCUT2D eigenvalue weighted by Crippen LogP contribution is 2.52. The Kier molecular flexibility index (Phi) is 4.97. The molecule has 43 heavy (non-hydrogen) atoms. The maximum Gasteiger partial charge on any atom is 0.136 e. The van der Waals surface area contributed by atoms with Gasteiger partial charge in [-0.05, 0) is 95.1 Å². The molecular weight excluding hydrogens is 524 g/mol. The van der Waals surface area contributed by atoms with Crippen LogP contribution in [0, 0.1) is 17.2 Å². The molecule has 0 fully saturated rings. The predicted octanol–water partition coefficient (Wildman–Crippen LogP) is 10.6. The van der Waals surface area contributed by atoms with Gasteiger partial charge in [-0.2, -0.15) is 5.26 Å². The van der Waals surface area contributed by atoms with Gasteiger partial charge in [0.1, 0.15) is 11.2 Å². The highest BCUT2D eigenvalue weighted by Gasteiger charge is 2.37. The molecule has 0 amide bonds. The van der Waals surface area contributed by atoms with Gasteiger partial charge < -0.3 is 8.98 Å². The topological polar surface area (TPSA) is 41.9 Å². The molecule has 3 heteroatoms. The largest absolute Gasteiger partial charge is 0.456 e. The van der Waals surface area contributed by atoms with Crippen LogP contribution >= 0.6 is 0 Å². The van der Waals surface area contributed by atoms with Crippen LogP contribution < -0.4 is 0 Å². The average molecular weight is 555 g/mol. The zero-order valence-corrected chi connectivity index (χ0v) is 24.3. The minimum absolute atomic E-state index is 0.0251. The van der Waals surface area contributed by atoms with Crippen LogP contribution in [0.1, 0.15) is 49.8 Å². The second-order valence-electron chi connectivity index (χ2n) is 12.7. The van der Waals surface area contributed by atoms with E-state index in [2.05, 4.69) is 128 Å². The third-order valence-corrected chi connectivity index (χ3v) is 10.0. The van der Waals surface area contributed by atoms with Crippen molar-refractivity contribution in [2.24, 2.45) is 5.92 Å². The summed E-state index contributed by atoms with van der Waals surface area (Å²) in [6.45, 7) is 4.67. The van der Waals surface area contributed by atoms with Crippen molar-refractivity contribution in [3.05, 3.63) is 125 Å². The van der Waals surface area contributed by atoms with Crippen LogP contribution in [0.5, 0.6) is 0 Å². The number of rotatable bonds is 2. The number of fused-ring (bicyclic) bond motifs is 8. The number of para-hydroxylation sites is 2. The predicted molar refractivity (Wildman–Crippen MR) is 177 cm³/mol. The lowest BCUT2D eigenvalue weighted by atomic mass is 9.80. The van der Waals surface area contributed by atoms with Crippen LogP contribution in [0.25, 0.3) is 60.6 Å². The monoisotopic (exact) mass is 554 g/mol. The molecule has 0 bridgehead atoms. The van der Waals surface area contributed by atoms with E-state index < -0.39 is 0 Å². The van der Waals surface area contributed by atoms with E-state index in [0.717, 1.165) is 46.2 Å². The Balaban J connectivity index is 1.26. The number of benzene rings is 4. The SMILES string of the molecule is CC1(C)C2=C(CCC=C2)c2cc3c(cc21)oc1cc(C2=C(n4c5ccccc5c5ccccc54)C=CC(C#N)C2)ccc13. The summed E-state index contributed by atoms with van der Waals surface area (Å²) in [6.07, 6.45) is 11.7. The van der Waals surface area contributed by atoms with E-state index in [4.69, 9.17) is 4.42 Å². The molecule has 0 N–H and O–H groups in total. The molecule has 0 aliphatic heterocycles. The molecule has 1 unspecified atom stereocenters. The number of allylic oxidation sites excluding steroid dienone is 8. The van der Waals surface area contributed by atoms with E-state index in [0.29, 0.717) is 6.42 Å². The molecule has 1 atom stereocenters. The Morgan fingerprint density at radius 1 is 0.814 bits per heavy atom. The number of aromatic nitrogens is 1. The Bertz CT molecular complexity index is 2310. The maximum atomic E-state index is 9.93. The highest BCUT2D eigenvalue weighted by molar-refractivity contribution is 6.13. The highest BCUT2D eigenvalue weighted by atomic mass is 16.3. The van der Waals surface area contributed by atoms with Crippen LogP contribution in [0.2, 0.25) is 0 Å². The zero-order valence-electron chi connectivity index (χ0n) is 24.3. The van der Waals surface area contributed by atoms with Gasteiger partial charge in [-0.15, -0.1) is 0 Å². The molecule has 0 spiro atoms. The standard InChI is InChI=1S/C40H30N2O/c1-40(2)33-12-6-3-9-26(33)31-21-32-29-17-16-25(20-38(29)43-39(32)22-34(31)40)30-19-24(23-41)15-18-37(30)42-35-13-7-4-10-27(35)28-11-5-8-14-36(28)42/h4-8,10-18,20-22,24H,3,9,19H2,1-2H3. The van der Waals surface area contributed by atoms with Gasteiger partial charge in [0.25, 0.3) is 0 Å². The molecule has 6 aromatic rings.